The molecule has 3 rings (SSSR count). The summed E-state index contributed by atoms with van der Waals surface area (Å²) in [7, 11) is 3.28. The number of rotatable bonds is 5. The van der Waals surface area contributed by atoms with Crippen LogP contribution in [0.25, 0.3) is 0 Å². The fourth-order valence-electron chi connectivity index (χ4n) is 3.77. The van der Waals surface area contributed by atoms with Crippen LogP contribution in [0.15, 0.2) is 18.2 Å². The molecule has 2 atom stereocenters. The predicted octanol–water partition coefficient (Wildman–Crippen LogP) is 2.27. The fourth-order valence-corrected chi connectivity index (χ4v) is 3.77. The third-order valence-electron chi connectivity index (χ3n) is 5.37. The van der Waals surface area contributed by atoms with Crippen molar-refractivity contribution < 1.29 is 14.3 Å². The van der Waals surface area contributed by atoms with Gasteiger partial charge in [0, 0.05) is 11.5 Å². The Bertz CT molecular complexity index is 582. The smallest absolute Gasteiger partial charge is 0.224 e. The van der Waals surface area contributed by atoms with Crippen LogP contribution in [0.3, 0.4) is 0 Å². The van der Waals surface area contributed by atoms with Crippen LogP contribution in [-0.2, 0) is 4.79 Å². The second-order valence-corrected chi connectivity index (χ2v) is 6.71. The summed E-state index contributed by atoms with van der Waals surface area (Å²) in [6.07, 6.45) is 3.26. The van der Waals surface area contributed by atoms with Crippen LogP contribution < -0.4 is 20.1 Å². The maximum Gasteiger partial charge on any atom is 0.224 e. The van der Waals surface area contributed by atoms with Crippen LogP contribution in [0.2, 0.25) is 0 Å². The van der Waals surface area contributed by atoms with E-state index in [1.54, 1.807) is 14.2 Å². The standard InChI is InChI=1S/C18H26N2O3/c1-12(14-10-13(22-2)4-5-16(14)23-3)20-17(21)15-11-18(15)6-8-19-9-7-18/h4-5,10,12,15,19H,6-9,11H2,1-3H3,(H,20,21). The molecule has 2 N–H and O–H groups in total. The van der Waals surface area contributed by atoms with E-state index in [0.717, 1.165) is 49.4 Å². The lowest BCUT2D eigenvalue weighted by Gasteiger charge is -2.24. The molecule has 0 bridgehead atoms. The van der Waals surface area contributed by atoms with E-state index in [0.29, 0.717) is 0 Å². The van der Waals surface area contributed by atoms with Crippen molar-refractivity contribution in [1.82, 2.24) is 10.6 Å². The molecule has 5 nitrogen and oxygen atoms in total. The minimum Gasteiger partial charge on any atom is -0.497 e. The molecule has 1 aromatic carbocycles. The highest BCUT2D eigenvalue weighted by atomic mass is 16.5. The Hall–Kier alpha value is -1.75. The summed E-state index contributed by atoms with van der Waals surface area (Å²) < 4.78 is 10.7. The van der Waals surface area contributed by atoms with Crippen LogP contribution >= 0.6 is 0 Å². The summed E-state index contributed by atoms with van der Waals surface area (Å²) in [5.74, 6) is 1.88. The first-order valence-electron chi connectivity index (χ1n) is 8.32. The van der Waals surface area contributed by atoms with Crippen molar-refractivity contribution >= 4 is 5.91 Å². The molecule has 1 aliphatic heterocycles. The number of hydrogen-bond donors (Lipinski definition) is 2. The van der Waals surface area contributed by atoms with E-state index < -0.39 is 0 Å². The minimum atomic E-state index is -0.105. The summed E-state index contributed by atoms with van der Waals surface area (Å²) in [6.45, 7) is 4.05. The van der Waals surface area contributed by atoms with E-state index in [-0.39, 0.29) is 23.3 Å². The van der Waals surface area contributed by atoms with Crippen LogP contribution in [0, 0.1) is 11.3 Å². The molecule has 1 saturated heterocycles. The summed E-state index contributed by atoms with van der Waals surface area (Å²) >= 11 is 0. The van der Waals surface area contributed by atoms with Crippen LogP contribution in [0.1, 0.15) is 37.8 Å². The van der Waals surface area contributed by atoms with Crippen LogP contribution in [-0.4, -0.2) is 33.2 Å². The molecular weight excluding hydrogens is 292 g/mol. The summed E-state index contributed by atoms with van der Waals surface area (Å²) in [5.41, 5.74) is 1.20. The molecule has 0 aromatic heterocycles. The lowest BCUT2D eigenvalue weighted by molar-refractivity contribution is -0.123. The van der Waals surface area contributed by atoms with Crippen molar-refractivity contribution in [2.24, 2.45) is 11.3 Å². The maximum absolute atomic E-state index is 12.6. The van der Waals surface area contributed by atoms with E-state index in [1.165, 1.54) is 0 Å². The van der Waals surface area contributed by atoms with Crippen LogP contribution in [0.4, 0.5) is 0 Å². The molecule has 1 aromatic rings. The van der Waals surface area contributed by atoms with Crippen molar-refractivity contribution in [1.29, 1.82) is 0 Å². The fraction of sp³-hybridized carbons (Fsp3) is 0.611. The highest BCUT2D eigenvalue weighted by Crippen LogP contribution is 2.58. The minimum absolute atomic E-state index is 0.105. The quantitative estimate of drug-likeness (QED) is 0.874. The van der Waals surface area contributed by atoms with Crippen molar-refractivity contribution in [3.05, 3.63) is 23.8 Å². The summed E-state index contributed by atoms with van der Waals surface area (Å²) in [4.78, 5) is 12.6. The summed E-state index contributed by atoms with van der Waals surface area (Å²) in [5, 5.41) is 6.53. The Kier molecular flexibility index (Phi) is 4.48. The first kappa shape index (κ1) is 16.1. The van der Waals surface area contributed by atoms with E-state index in [4.69, 9.17) is 9.47 Å². The highest BCUT2D eigenvalue weighted by molar-refractivity contribution is 5.83. The van der Waals surface area contributed by atoms with Gasteiger partial charge in [-0.2, -0.15) is 0 Å². The second-order valence-electron chi connectivity index (χ2n) is 6.71. The van der Waals surface area contributed by atoms with Gasteiger partial charge in [-0.3, -0.25) is 4.79 Å². The Balaban J connectivity index is 1.67. The largest absolute Gasteiger partial charge is 0.497 e. The van der Waals surface area contributed by atoms with Crippen molar-refractivity contribution in [3.63, 3.8) is 0 Å². The normalized spacial score (nSPS) is 23.2. The lowest BCUT2D eigenvalue weighted by Crippen LogP contribution is -2.34. The van der Waals surface area contributed by atoms with Crippen molar-refractivity contribution in [2.75, 3.05) is 27.3 Å². The Morgan fingerprint density at radius 3 is 2.70 bits per heavy atom. The Labute approximate surface area is 137 Å². The molecular formula is C18H26N2O3. The molecule has 1 aliphatic carbocycles. The number of carbonyl (C=O) groups excluding carboxylic acids is 1. The topological polar surface area (TPSA) is 59.6 Å². The number of amides is 1. The first-order chi connectivity index (χ1) is 11.1. The molecule has 126 valence electrons. The maximum atomic E-state index is 12.6. The first-order valence-corrected chi connectivity index (χ1v) is 8.32. The van der Waals surface area contributed by atoms with Gasteiger partial charge in [0.25, 0.3) is 0 Å². The number of nitrogens with one attached hydrogen (secondary N) is 2. The van der Waals surface area contributed by atoms with Crippen molar-refractivity contribution in [2.45, 2.75) is 32.2 Å². The van der Waals surface area contributed by atoms with Gasteiger partial charge in [0.15, 0.2) is 0 Å². The SMILES string of the molecule is COc1ccc(OC)c(C(C)NC(=O)C2CC23CCNCC3)c1. The van der Waals surface area contributed by atoms with E-state index >= 15 is 0 Å². The molecule has 1 spiro atoms. The van der Waals surface area contributed by atoms with E-state index in [1.807, 2.05) is 25.1 Å². The van der Waals surface area contributed by atoms with Gasteiger partial charge in [0.05, 0.1) is 20.3 Å². The molecule has 2 fully saturated rings. The zero-order chi connectivity index (χ0) is 16.4. The molecule has 5 heteroatoms. The Morgan fingerprint density at radius 2 is 2.04 bits per heavy atom. The number of benzene rings is 1. The third-order valence-corrected chi connectivity index (χ3v) is 5.37. The average Bonchev–Trinajstić information content (AvgIpc) is 3.27. The zero-order valence-electron chi connectivity index (χ0n) is 14.1. The monoisotopic (exact) mass is 318 g/mol. The summed E-state index contributed by atoms with van der Waals surface area (Å²) in [6, 6.07) is 5.56. The van der Waals surface area contributed by atoms with Gasteiger partial charge in [-0.1, -0.05) is 0 Å². The third kappa shape index (κ3) is 3.15. The molecule has 1 saturated carbocycles. The Morgan fingerprint density at radius 1 is 1.30 bits per heavy atom. The predicted molar refractivity (Wildman–Crippen MR) is 88.7 cm³/mol. The van der Waals surface area contributed by atoms with Gasteiger partial charge in [-0.05, 0) is 62.9 Å². The molecule has 2 aliphatic rings. The molecule has 1 amide bonds. The average molecular weight is 318 g/mol. The van der Waals surface area contributed by atoms with E-state index in [9.17, 15) is 4.79 Å². The number of ether oxygens (including phenoxy) is 2. The molecule has 23 heavy (non-hydrogen) atoms. The van der Waals surface area contributed by atoms with E-state index in [2.05, 4.69) is 10.6 Å². The van der Waals surface area contributed by atoms with Crippen LogP contribution in [0.5, 0.6) is 11.5 Å². The molecule has 1 heterocycles. The number of hydrogen-bond acceptors (Lipinski definition) is 4. The lowest BCUT2D eigenvalue weighted by atomic mass is 9.91. The van der Waals surface area contributed by atoms with Gasteiger partial charge in [-0.15, -0.1) is 0 Å². The van der Waals surface area contributed by atoms with Gasteiger partial charge in [0.1, 0.15) is 11.5 Å². The van der Waals surface area contributed by atoms with Gasteiger partial charge >= 0.3 is 0 Å². The number of methoxy groups -OCH3 is 2. The zero-order valence-corrected chi connectivity index (χ0v) is 14.1. The molecule has 0 radical (unpaired) electrons. The highest BCUT2D eigenvalue weighted by Gasteiger charge is 2.57. The number of carbonyl (C=O) groups is 1. The van der Waals surface area contributed by atoms with Gasteiger partial charge in [-0.25, -0.2) is 0 Å². The van der Waals surface area contributed by atoms with Gasteiger partial charge < -0.3 is 20.1 Å². The molecule has 2 unspecified atom stereocenters. The second kappa shape index (κ2) is 6.40. The van der Waals surface area contributed by atoms with Crippen molar-refractivity contribution in [3.8, 4) is 11.5 Å². The number of piperidine rings is 1. The van der Waals surface area contributed by atoms with Gasteiger partial charge in [0.2, 0.25) is 5.91 Å².